The quantitative estimate of drug-likeness (QED) is 0.835. The van der Waals surface area contributed by atoms with Crippen LogP contribution in [0.15, 0.2) is 40.9 Å². The van der Waals surface area contributed by atoms with Crippen molar-refractivity contribution in [3.8, 4) is 0 Å². The summed E-state index contributed by atoms with van der Waals surface area (Å²) in [5.41, 5.74) is 3.10. The van der Waals surface area contributed by atoms with Crippen LogP contribution in [0.25, 0.3) is 0 Å². The van der Waals surface area contributed by atoms with Crippen molar-refractivity contribution in [2.75, 3.05) is 5.32 Å². The van der Waals surface area contributed by atoms with Gasteiger partial charge in [0.25, 0.3) is 0 Å². The molecule has 0 amide bonds. The Labute approximate surface area is 130 Å². The van der Waals surface area contributed by atoms with Crippen molar-refractivity contribution in [2.24, 2.45) is 0 Å². The molecule has 5 heteroatoms. The summed E-state index contributed by atoms with van der Waals surface area (Å²) in [5, 5.41) is 12.9. The van der Waals surface area contributed by atoms with Crippen molar-refractivity contribution in [1.82, 2.24) is 0 Å². The summed E-state index contributed by atoms with van der Waals surface area (Å²) in [4.78, 5) is 11.0. The summed E-state index contributed by atoms with van der Waals surface area (Å²) in [6.45, 7) is 2.51. The Hall–Kier alpha value is -1.52. The van der Waals surface area contributed by atoms with Crippen molar-refractivity contribution >= 4 is 39.2 Å². The maximum Gasteiger partial charge on any atom is 0.335 e. The molecule has 2 N–H and O–H groups in total. The number of rotatable bonds is 4. The average Bonchev–Trinajstić information content (AvgIpc) is 2.41. The second-order valence-corrected chi connectivity index (χ2v) is 5.70. The van der Waals surface area contributed by atoms with Gasteiger partial charge >= 0.3 is 5.97 Å². The number of benzene rings is 2. The molecule has 0 fully saturated rings. The lowest BCUT2D eigenvalue weighted by molar-refractivity contribution is 0.0697. The minimum atomic E-state index is -0.931. The second-order valence-electron chi connectivity index (χ2n) is 4.44. The van der Waals surface area contributed by atoms with Crippen molar-refractivity contribution in [1.29, 1.82) is 0 Å². The third-order valence-corrected chi connectivity index (χ3v) is 4.18. The van der Waals surface area contributed by atoms with Crippen LogP contribution < -0.4 is 5.32 Å². The first-order valence-corrected chi connectivity index (χ1v) is 7.16. The number of anilines is 1. The molecule has 0 saturated carbocycles. The SMILES string of the molecule is Cc1ccc(C(=O)O)cc1NCc1ccc(Br)c(Cl)c1. The highest BCUT2D eigenvalue weighted by atomic mass is 79.9. The number of carboxylic acids is 1. The Morgan fingerprint density at radius 3 is 2.70 bits per heavy atom. The van der Waals surface area contributed by atoms with E-state index in [1.165, 1.54) is 0 Å². The fourth-order valence-electron chi connectivity index (χ4n) is 1.79. The van der Waals surface area contributed by atoms with E-state index in [0.717, 1.165) is 21.3 Å². The van der Waals surface area contributed by atoms with Gasteiger partial charge in [0.2, 0.25) is 0 Å². The fourth-order valence-corrected chi connectivity index (χ4v) is 2.24. The molecular formula is C15H13BrClNO2. The number of aryl methyl sites for hydroxylation is 1. The second kappa shape index (κ2) is 6.29. The number of hydrogen-bond acceptors (Lipinski definition) is 2. The molecule has 0 aliphatic carbocycles. The van der Waals surface area contributed by atoms with Crippen molar-refractivity contribution < 1.29 is 9.90 Å². The van der Waals surface area contributed by atoms with Gasteiger partial charge in [0.05, 0.1) is 10.6 Å². The van der Waals surface area contributed by atoms with Gasteiger partial charge in [0, 0.05) is 16.7 Å². The first kappa shape index (κ1) is 14.9. The van der Waals surface area contributed by atoms with Gasteiger partial charge in [-0.1, -0.05) is 23.7 Å². The van der Waals surface area contributed by atoms with Crippen LogP contribution in [0.3, 0.4) is 0 Å². The maximum atomic E-state index is 11.0. The van der Waals surface area contributed by atoms with Gasteiger partial charge in [-0.3, -0.25) is 0 Å². The lowest BCUT2D eigenvalue weighted by Crippen LogP contribution is -2.04. The van der Waals surface area contributed by atoms with E-state index in [4.69, 9.17) is 16.7 Å². The molecular weight excluding hydrogens is 342 g/mol. The highest BCUT2D eigenvalue weighted by molar-refractivity contribution is 9.10. The van der Waals surface area contributed by atoms with Crippen LogP contribution in [0.1, 0.15) is 21.5 Å². The van der Waals surface area contributed by atoms with E-state index in [2.05, 4.69) is 21.2 Å². The Kier molecular flexibility index (Phi) is 4.68. The number of aromatic carboxylic acids is 1. The molecule has 3 nitrogen and oxygen atoms in total. The van der Waals surface area contributed by atoms with Crippen LogP contribution >= 0.6 is 27.5 Å². The lowest BCUT2D eigenvalue weighted by atomic mass is 10.1. The molecule has 0 radical (unpaired) electrons. The summed E-state index contributed by atoms with van der Waals surface area (Å²) < 4.78 is 0.854. The lowest BCUT2D eigenvalue weighted by Gasteiger charge is -2.11. The Bertz CT molecular complexity index is 658. The number of carbonyl (C=O) groups is 1. The Morgan fingerprint density at radius 1 is 1.30 bits per heavy atom. The molecule has 0 atom stereocenters. The maximum absolute atomic E-state index is 11.0. The highest BCUT2D eigenvalue weighted by Gasteiger charge is 2.06. The molecule has 2 aromatic rings. The molecule has 20 heavy (non-hydrogen) atoms. The molecule has 0 aromatic heterocycles. The molecule has 2 rings (SSSR count). The van der Waals surface area contributed by atoms with E-state index in [-0.39, 0.29) is 5.56 Å². The van der Waals surface area contributed by atoms with Crippen LogP contribution in [0.2, 0.25) is 5.02 Å². The van der Waals surface area contributed by atoms with Gasteiger partial charge in [-0.2, -0.15) is 0 Å². The van der Waals surface area contributed by atoms with E-state index in [1.54, 1.807) is 18.2 Å². The zero-order valence-corrected chi connectivity index (χ0v) is 13.1. The number of halogens is 2. The van der Waals surface area contributed by atoms with Gasteiger partial charge < -0.3 is 10.4 Å². The molecule has 104 valence electrons. The van der Waals surface area contributed by atoms with E-state index < -0.39 is 5.97 Å². The molecule has 0 aliphatic heterocycles. The Morgan fingerprint density at radius 2 is 2.05 bits per heavy atom. The fraction of sp³-hybridized carbons (Fsp3) is 0.133. The van der Waals surface area contributed by atoms with E-state index >= 15 is 0 Å². The van der Waals surface area contributed by atoms with Gasteiger partial charge in [-0.15, -0.1) is 0 Å². The number of carboxylic acid groups (broad SMARTS) is 1. The first-order chi connectivity index (χ1) is 9.47. The third kappa shape index (κ3) is 3.52. The smallest absolute Gasteiger partial charge is 0.335 e. The molecule has 2 aromatic carbocycles. The Balaban J connectivity index is 2.15. The minimum absolute atomic E-state index is 0.270. The monoisotopic (exact) mass is 353 g/mol. The van der Waals surface area contributed by atoms with Crippen LogP contribution in [0.4, 0.5) is 5.69 Å². The van der Waals surface area contributed by atoms with Crippen LogP contribution in [-0.4, -0.2) is 11.1 Å². The van der Waals surface area contributed by atoms with Gasteiger partial charge in [-0.25, -0.2) is 4.79 Å². The van der Waals surface area contributed by atoms with Crippen molar-refractivity contribution in [3.63, 3.8) is 0 Å². The summed E-state index contributed by atoms with van der Waals surface area (Å²) in [6, 6.07) is 10.7. The minimum Gasteiger partial charge on any atom is -0.478 e. The predicted molar refractivity (Wildman–Crippen MR) is 84.6 cm³/mol. The third-order valence-electron chi connectivity index (χ3n) is 2.95. The van der Waals surface area contributed by atoms with E-state index in [1.807, 2.05) is 25.1 Å². The largest absolute Gasteiger partial charge is 0.478 e. The number of hydrogen-bond donors (Lipinski definition) is 2. The molecule has 0 saturated heterocycles. The van der Waals surface area contributed by atoms with Crippen molar-refractivity contribution in [2.45, 2.75) is 13.5 Å². The molecule has 0 aliphatic rings. The van der Waals surface area contributed by atoms with Crippen LogP contribution in [0.5, 0.6) is 0 Å². The summed E-state index contributed by atoms with van der Waals surface area (Å²) >= 11 is 9.39. The van der Waals surface area contributed by atoms with Gasteiger partial charge in [-0.05, 0) is 58.2 Å². The topological polar surface area (TPSA) is 49.3 Å². The van der Waals surface area contributed by atoms with Crippen LogP contribution in [-0.2, 0) is 6.54 Å². The van der Waals surface area contributed by atoms with E-state index in [0.29, 0.717) is 11.6 Å². The van der Waals surface area contributed by atoms with Gasteiger partial charge in [0.15, 0.2) is 0 Å². The zero-order chi connectivity index (χ0) is 14.7. The van der Waals surface area contributed by atoms with E-state index in [9.17, 15) is 4.79 Å². The molecule has 0 bridgehead atoms. The molecule has 0 spiro atoms. The number of nitrogens with one attached hydrogen (secondary N) is 1. The highest BCUT2D eigenvalue weighted by Crippen LogP contribution is 2.24. The average molecular weight is 355 g/mol. The predicted octanol–water partition coefficient (Wildman–Crippen LogP) is 4.72. The summed E-state index contributed by atoms with van der Waals surface area (Å²) in [7, 11) is 0. The summed E-state index contributed by atoms with van der Waals surface area (Å²) in [5.74, 6) is -0.931. The zero-order valence-electron chi connectivity index (χ0n) is 10.8. The first-order valence-electron chi connectivity index (χ1n) is 5.99. The van der Waals surface area contributed by atoms with Crippen molar-refractivity contribution in [3.05, 3.63) is 62.6 Å². The van der Waals surface area contributed by atoms with Gasteiger partial charge in [0.1, 0.15) is 0 Å². The molecule has 0 unspecified atom stereocenters. The normalized spacial score (nSPS) is 10.3. The standard InChI is InChI=1S/C15H13BrClNO2/c1-9-2-4-11(15(19)20)7-14(9)18-8-10-3-5-12(16)13(17)6-10/h2-7,18H,8H2,1H3,(H,19,20). The molecule has 0 heterocycles. The van der Waals surface area contributed by atoms with Crippen LogP contribution in [0, 0.1) is 6.92 Å². The summed E-state index contributed by atoms with van der Waals surface area (Å²) in [6.07, 6.45) is 0.